The average Bonchev–Trinajstić information content (AvgIpc) is 2.73. The molecule has 0 aliphatic carbocycles. The fourth-order valence-electron chi connectivity index (χ4n) is 2.83. The monoisotopic (exact) mass is 427 g/mol. The molecule has 2 amide bonds. The highest BCUT2D eigenvalue weighted by molar-refractivity contribution is 5.94. The van der Waals surface area contributed by atoms with Gasteiger partial charge in [0.1, 0.15) is 0 Å². The van der Waals surface area contributed by atoms with Crippen LogP contribution in [0.2, 0.25) is 0 Å². The Balaban J connectivity index is 2.04. The van der Waals surface area contributed by atoms with Crippen molar-refractivity contribution in [3.63, 3.8) is 0 Å². The second kappa shape index (κ2) is 12.8. The molecule has 0 fully saturated rings. The van der Waals surface area contributed by atoms with Gasteiger partial charge in [0.25, 0.3) is 0 Å². The Hall–Kier alpha value is -2.77. The summed E-state index contributed by atoms with van der Waals surface area (Å²) in [6.07, 6.45) is 2.45. The summed E-state index contributed by atoms with van der Waals surface area (Å²) in [6, 6.07) is 12.9. The van der Waals surface area contributed by atoms with Crippen molar-refractivity contribution >= 4 is 23.2 Å². The van der Waals surface area contributed by atoms with Crippen LogP contribution in [0.1, 0.15) is 46.2 Å². The van der Waals surface area contributed by atoms with E-state index in [1.165, 1.54) is 0 Å². The molecule has 0 saturated heterocycles. The highest BCUT2D eigenvalue weighted by Crippen LogP contribution is 2.21. The summed E-state index contributed by atoms with van der Waals surface area (Å²) >= 11 is 0. The maximum absolute atomic E-state index is 12.9. The van der Waals surface area contributed by atoms with Crippen LogP contribution in [0.4, 0.5) is 11.4 Å². The van der Waals surface area contributed by atoms with Crippen LogP contribution in [0.15, 0.2) is 48.7 Å². The molecule has 2 aromatic rings. The number of hydrogen-bond donors (Lipinski definition) is 1. The lowest BCUT2D eigenvalue weighted by Gasteiger charge is -2.23. The first-order valence-electron chi connectivity index (χ1n) is 10.7. The van der Waals surface area contributed by atoms with Crippen LogP contribution in [0.3, 0.4) is 0 Å². The Morgan fingerprint density at radius 3 is 2.16 bits per heavy atom. The Morgan fingerprint density at radius 2 is 1.58 bits per heavy atom. The molecule has 0 aliphatic rings. The summed E-state index contributed by atoms with van der Waals surface area (Å²) in [5.41, 5.74) is 2.20. The molecule has 168 valence electrons. The zero-order valence-corrected chi connectivity index (χ0v) is 18.8. The number of hydrogen-bond acceptors (Lipinski definition) is 5. The maximum atomic E-state index is 12.9. The third-order valence-electron chi connectivity index (χ3n) is 4.36. The fraction of sp³-hybridized carbons (Fsp3) is 0.458. The van der Waals surface area contributed by atoms with E-state index in [0.717, 1.165) is 11.4 Å². The van der Waals surface area contributed by atoms with Crippen molar-refractivity contribution in [3.8, 4) is 0 Å². The number of rotatable bonds is 12. The molecule has 0 saturated carbocycles. The van der Waals surface area contributed by atoms with E-state index < -0.39 is 0 Å². The van der Waals surface area contributed by atoms with E-state index in [1.807, 2.05) is 58.0 Å². The summed E-state index contributed by atoms with van der Waals surface area (Å²) in [7, 11) is 0. The van der Waals surface area contributed by atoms with Crippen molar-refractivity contribution in [2.24, 2.45) is 0 Å². The number of carbonyl (C=O) groups excluding carboxylic acids is 2. The molecule has 0 atom stereocenters. The van der Waals surface area contributed by atoms with E-state index in [1.54, 1.807) is 23.2 Å². The van der Waals surface area contributed by atoms with E-state index >= 15 is 0 Å². The summed E-state index contributed by atoms with van der Waals surface area (Å²) in [5, 5.41) is 2.85. The van der Waals surface area contributed by atoms with Gasteiger partial charge in [-0.05, 0) is 64.1 Å². The van der Waals surface area contributed by atoms with Gasteiger partial charge in [0, 0.05) is 17.6 Å². The first-order chi connectivity index (χ1) is 14.8. The molecule has 1 aromatic carbocycles. The molecule has 1 N–H and O–H groups in total. The van der Waals surface area contributed by atoms with Gasteiger partial charge < -0.3 is 19.7 Å². The van der Waals surface area contributed by atoms with Crippen LogP contribution < -0.4 is 10.2 Å². The zero-order valence-electron chi connectivity index (χ0n) is 18.8. The lowest BCUT2D eigenvalue weighted by molar-refractivity contribution is -0.120. The van der Waals surface area contributed by atoms with E-state index in [4.69, 9.17) is 9.47 Å². The van der Waals surface area contributed by atoms with Crippen LogP contribution in [-0.4, -0.2) is 42.2 Å². The smallest absolute Gasteiger partial charge is 0.229 e. The quantitative estimate of drug-likeness (QED) is 0.549. The van der Waals surface area contributed by atoms with E-state index in [0.29, 0.717) is 31.9 Å². The maximum Gasteiger partial charge on any atom is 0.229 e. The molecule has 7 nitrogen and oxygen atoms in total. The number of pyridine rings is 1. The largest absolute Gasteiger partial charge is 0.378 e. The number of benzene rings is 1. The van der Waals surface area contributed by atoms with Gasteiger partial charge in [-0.15, -0.1) is 0 Å². The number of anilines is 2. The van der Waals surface area contributed by atoms with Crippen LogP contribution in [-0.2, 0) is 25.6 Å². The first kappa shape index (κ1) is 24.5. The topological polar surface area (TPSA) is 80.8 Å². The predicted molar refractivity (Wildman–Crippen MR) is 122 cm³/mol. The van der Waals surface area contributed by atoms with Crippen molar-refractivity contribution in [3.05, 3.63) is 54.4 Å². The summed E-state index contributed by atoms with van der Waals surface area (Å²) in [6.45, 7) is 8.86. The molecule has 7 heteroatoms. The number of aromatic nitrogens is 1. The van der Waals surface area contributed by atoms with Crippen molar-refractivity contribution in [1.29, 1.82) is 0 Å². The second-order valence-electron chi connectivity index (χ2n) is 7.74. The lowest BCUT2D eigenvalue weighted by Crippen LogP contribution is -2.31. The highest BCUT2D eigenvalue weighted by atomic mass is 16.5. The average molecular weight is 428 g/mol. The van der Waals surface area contributed by atoms with Crippen LogP contribution in [0.25, 0.3) is 0 Å². The second-order valence-corrected chi connectivity index (χ2v) is 7.74. The number of nitrogens with one attached hydrogen (secondary N) is 1. The van der Waals surface area contributed by atoms with Gasteiger partial charge in [-0.3, -0.25) is 14.6 Å². The molecule has 0 bridgehead atoms. The Bertz CT molecular complexity index is 807. The molecule has 1 aromatic heterocycles. The van der Waals surface area contributed by atoms with Crippen molar-refractivity contribution in [2.75, 3.05) is 23.4 Å². The van der Waals surface area contributed by atoms with Crippen LogP contribution in [0, 0.1) is 0 Å². The summed E-state index contributed by atoms with van der Waals surface area (Å²) in [4.78, 5) is 31.0. The molecule has 0 radical (unpaired) electrons. The van der Waals surface area contributed by atoms with Gasteiger partial charge in [0.15, 0.2) is 0 Å². The number of carbonyl (C=O) groups is 2. The molecular weight excluding hydrogens is 394 g/mol. The van der Waals surface area contributed by atoms with Gasteiger partial charge in [-0.2, -0.15) is 0 Å². The zero-order chi connectivity index (χ0) is 22.6. The van der Waals surface area contributed by atoms with Gasteiger partial charge >= 0.3 is 0 Å². The Labute approximate surface area is 184 Å². The fourth-order valence-corrected chi connectivity index (χ4v) is 2.83. The summed E-state index contributed by atoms with van der Waals surface area (Å²) < 4.78 is 10.9. The molecule has 1 heterocycles. The van der Waals surface area contributed by atoms with E-state index in [9.17, 15) is 9.59 Å². The first-order valence-corrected chi connectivity index (χ1v) is 10.7. The van der Waals surface area contributed by atoms with Gasteiger partial charge in [-0.1, -0.05) is 6.07 Å². The van der Waals surface area contributed by atoms with Crippen molar-refractivity contribution in [1.82, 2.24) is 4.98 Å². The highest BCUT2D eigenvalue weighted by Gasteiger charge is 2.17. The number of amides is 2. The minimum absolute atomic E-state index is 0.0473. The standard InChI is InChI=1S/C24H33N3O4/c1-18(2)30-15-12-23(28)26-20-8-10-22(11-9-20)27(17-21-7-5-6-14-25-21)24(29)13-16-31-19(3)4/h5-11,14,18-19H,12-13,15-17H2,1-4H3,(H,26,28). The van der Waals surface area contributed by atoms with Gasteiger partial charge in [0.2, 0.25) is 11.8 Å². The number of ether oxygens (including phenoxy) is 2. The molecule has 0 spiro atoms. The molecular formula is C24H33N3O4. The molecule has 31 heavy (non-hydrogen) atoms. The molecule has 2 rings (SSSR count). The van der Waals surface area contributed by atoms with E-state index in [2.05, 4.69) is 10.3 Å². The SMILES string of the molecule is CC(C)OCCC(=O)Nc1ccc(N(Cc2ccccn2)C(=O)CCOC(C)C)cc1. The normalized spacial score (nSPS) is 11.0. The van der Waals surface area contributed by atoms with E-state index in [-0.39, 0.29) is 30.4 Å². The summed E-state index contributed by atoms with van der Waals surface area (Å²) in [5.74, 6) is -0.158. The van der Waals surface area contributed by atoms with Crippen LogP contribution in [0.5, 0.6) is 0 Å². The number of nitrogens with zero attached hydrogens (tertiary/aromatic N) is 2. The minimum Gasteiger partial charge on any atom is -0.378 e. The molecule has 0 unspecified atom stereocenters. The predicted octanol–water partition coefficient (Wildman–Crippen LogP) is 4.18. The van der Waals surface area contributed by atoms with Gasteiger partial charge in [-0.25, -0.2) is 0 Å². The Morgan fingerprint density at radius 1 is 0.935 bits per heavy atom. The third-order valence-corrected chi connectivity index (χ3v) is 4.36. The van der Waals surface area contributed by atoms with Crippen molar-refractivity contribution in [2.45, 2.75) is 59.3 Å². The molecule has 0 aliphatic heterocycles. The third kappa shape index (κ3) is 9.27. The lowest BCUT2D eigenvalue weighted by atomic mass is 10.2. The minimum atomic E-state index is -0.111. The Kier molecular flexibility index (Phi) is 10.1. The van der Waals surface area contributed by atoms with Crippen LogP contribution >= 0.6 is 0 Å². The van der Waals surface area contributed by atoms with Crippen molar-refractivity contribution < 1.29 is 19.1 Å². The van der Waals surface area contributed by atoms with Gasteiger partial charge in [0.05, 0.1) is 50.5 Å².